The first kappa shape index (κ1) is 10.0. The minimum atomic E-state index is -0.334. The molecule has 0 radical (unpaired) electrons. The van der Waals surface area contributed by atoms with Gasteiger partial charge in [0.25, 0.3) is 0 Å². The molecule has 2 rings (SSSR count). The minimum absolute atomic E-state index is 0.235. The van der Waals surface area contributed by atoms with Crippen molar-refractivity contribution in [2.45, 2.75) is 36.7 Å². The summed E-state index contributed by atoms with van der Waals surface area (Å²) in [4.78, 5) is -0.334. The van der Waals surface area contributed by atoms with Crippen molar-refractivity contribution in [1.82, 2.24) is 0 Å². The lowest BCUT2D eigenvalue weighted by atomic mass is 9.82. The van der Waals surface area contributed by atoms with Gasteiger partial charge in [-0.05, 0) is 31.2 Å². The zero-order valence-electron chi connectivity index (χ0n) is 8.12. The molecule has 14 heavy (non-hydrogen) atoms. The Morgan fingerprint density at radius 1 is 1.29 bits per heavy atom. The van der Waals surface area contributed by atoms with E-state index in [1.165, 1.54) is 0 Å². The van der Waals surface area contributed by atoms with E-state index in [0.29, 0.717) is 6.42 Å². The van der Waals surface area contributed by atoms with Crippen LogP contribution in [0.5, 0.6) is 0 Å². The van der Waals surface area contributed by atoms with Crippen LogP contribution in [0, 0.1) is 0 Å². The van der Waals surface area contributed by atoms with Crippen LogP contribution in [-0.2, 0) is 4.87 Å². The molecule has 0 aliphatic heterocycles. The lowest BCUT2D eigenvalue weighted by molar-refractivity contribution is 0.109. The van der Waals surface area contributed by atoms with Crippen molar-refractivity contribution in [3.05, 3.63) is 35.9 Å². The third-order valence-corrected chi connectivity index (χ3v) is 3.52. The molecule has 1 N–H and O–H groups in total. The van der Waals surface area contributed by atoms with Crippen molar-refractivity contribution < 1.29 is 5.11 Å². The van der Waals surface area contributed by atoms with Crippen molar-refractivity contribution in [3.8, 4) is 0 Å². The molecule has 1 aromatic carbocycles. The van der Waals surface area contributed by atoms with Crippen molar-refractivity contribution in [2.24, 2.45) is 0 Å². The first-order chi connectivity index (χ1) is 6.71. The molecular formula is C12H15ClO. The van der Waals surface area contributed by atoms with E-state index in [9.17, 15) is 5.11 Å². The summed E-state index contributed by atoms with van der Waals surface area (Å²) >= 11 is 6.54. The lowest BCUT2D eigenvalue weighted by Gasteiger charge is -2.34. The molecule has 2 unspecified atom stereocenters. The quantitative estimate of drug-likeness (QED) is 0.707. The number of aliphatic hydroxyl groups is 1. The molecule has 1 saturated carbocycles. The van der Waals surface area contributed by atoms with E-state index in [1.54, 1.807) is 0 Å². The second-order valence-corrected chi connectivity index (χ2v) is 4.81. The molecule has 76 valence electrons. The molecule has 0 amide bonds. The molecule has 0 aromatic heterocycles. The molecule has 1 aliphatic rings. The fourth-order valence-corrected chi connectivity index (χ4v) is 2.63. The van der Waals surface area contributed by atoms with Crippen LogP contribution in [0.1, 0.15) is 31.2 Å². The van der Waals surface area contributed by atoms with Gasteiger partial charge in [-0.2, -0.15) is 0 Å². The minimum Gasteiger partial charge on any atom is -0.393 e. The largest absolute Gasteiger partial charge is 0.393 e. The van der Waals surface area contributed by atoms with Crippen molar-refractivity contribution >= 4 is 11.6 Å². The van der Waals surface area contributed by atoms with Gasteiger partial charge in [-0.15, -0.1) is 11.6 Å². The molecule has 1 aromatic rings. The van der Waals surface area contributed by atoms with Crippen molar-refractivity contribution in [3.63, 3.8) is 0 Å². The number of benzene rings is 1. The average Bonchev–Trinajstić information content (AvgIpc) is 2.19. The number of alkyl halides is 1. The molecule has 2 atom stereocenters. The van der Waals surface area contributed by atoms with E-state index in [2.05, 4.69) is 0 Å². The highest BCUT2D eigenvalue weighted by atomic mass is 35.5. The summed E-state index contributed by atoms with van der Waals surface area (Å²) in [6.07, 6.45) is 3.32. The summed E-state index contributed by atoms with van der Waals surface area (Å²) in [7, 11) is 0. The Morgan fingerprint density at radius 2 is 2.00 bits per heavy atom. The molecule has 1 nitrogen and oxygen atoms in total. The molecule has 1 aliphatic carbocycles. The standard InChI is InChI=1S/C12H15ClO/c13-12(8-4-7-11(14)9-12)10-5-2-1-3-6-10/h1-3,5-6,11,14H,4,7-9H2. The van der Waals surface area contributed by atoms with Crippen LogP contribution in [0.4, 0.5) is 0 Å². The van der Waals surface area contributed by atoms with Gasteiger partial charge in [-0.1, -0.05) is 30.3 Å². The highest BCUT2D eigenvalue weighted by molar-refractivity contribution is 6.24. The van der Waals surface area contributed by atoms with Crippen LogP contribution in [0.25, 0.3) is 0 Å². The molecular weight excluding hydrogens is 196 g/mol. The molecule has 1 fully saturated rings. The Labute approximate surface area is 89.7 Å². The lowest BCUT2D eigenvalue weighted by Crippen LogP contribution is -2.30. The molecule has 2 heteroatoms. The van der Waals surface area contributed by atoms with E-state index in [0.717, 1.165) is 24.8 Å². The van der Waals surface area contributed by atoms with Crippen molar-refractivity contribution in [2.75, 3.05) is 0 Å². The summed E-state index contributed by atoms with van der Waals surface area (Å²) in [6.45, 7) is 0. The van der Waals surface area contributed by atoms with Crippen LogP contribution in [0.15, 0.2) is 30.3 Å². The second kappa shape index (κ2) is 3.92. The average molecular weight is 211 g/mol. The van der Waals surface area contributed by atoms with Crippen LogP contribution in [-0.4, -0.2) is 11.2 Å². The first-order valence-electron chi connectivity index (χ1n) is 5.13. The SMILES string of the molecule is OC1CCCC(Cl)(c2ccccc2)C1. The number of hydrogen-bond donors (Lipinski definition) is 1. The van der Waals surface area contributed by atoms with Crippen LogP contribution in [0.2, 0.25) is 0 Å². The third kappa shape index (κ3) is 1.94. The van der Waals surface area contributed by atoms with E-state index < -0.39 is 0 Å². The smallest absolute Gasteiger partial charge is 0.0719 e. The maximum atomic E-state index is 9.62. The predicted molar refractivity (Wildman–Crippen MR) is 58.4 cm³/mol. The van der Waals surface area contributed by atoms with Crippen LogP contribution in [0.3, 0.4) is 0 Å². The van der Waals surface area contributed by atoms with Crippen LogP contribution < -0.4 is 0 Å². The topological polar surface area (TPSA) is 20.2 Å². The molecule has 0 bridgehead atoms. The maximum Gasteiger partial charge on any atom is 0.0719 e. The van der Waals surface area contributed by atoms with Gasteiger partial charge in [0.15, 0.2) is 0 Å². The zero-order chi connectivity index (χ0) is 10.0. The summed E-state index contributed by atoms with van der Waals surface area (Å²) < 4.78 is 0. The highest BCUT2D eigenvalue weighted by Crippen LogP contribution is 2.42. The molecule has 0 saturated heterocycles. The third-order valence-electron chi connectivity index (χ3n) is 2.96. The monoisotopic (exact) mass is 210 g/mol. The van der Waals surface area contributed by atoms with E-state index in [4.69, 9.17) is 11.6 Å². The van der Waals surface area contributed by atoms with Gasteiger partial charge in [0.05, 0.1) is 11.0 Å². The highest BCUT2D eigenvalue weighted by Gasteiger charge is 2.35. The van der Waals surface area contributed by atoms with E-state index >= 15 is 0 Å². The molecule has 0 heterocycles. The predicted octanol–water partition coefficient (Wildman–Crippen LogP) is 3.06. The second-order valence-electron chi connectivity index (χ2n) is 4.08. The fourth-order valence-electron chi connectivity index (χ4n) is 2.19. The van der Waals surface area contributed by atoms with Gasteiger partial charge in [-0.25, -0.2) is 0 Å². The summed E-state index contributed by atoms with van der Waals surface area (Å²) in [5.41, 5.74) is 1.14. The molecule has 0 spiro atoms. The Kier molecular flexibility index (Phi) is 2.80. The first-order valence-corrected chi connectivity index (χ1v) is 5.51. The Hall–Kier alpha value is -0.530. The van der Waals surface area contributed by atoms with Gasteiger partial charge >= 0.3 is 0 Å². The summed E-state index contributed by atoms with van der Waals surface area (Å²) in [6, 6.07) is 10.1. The van der Waals surface area contributed by atoms with Gasteiger partial charge in [0.2, 0.25) is 0 Å². The zero-order valence-corrected chi connectivity index (χ0v) is 8.87. The Bertz CT molecular complexity index is 298. The maximum absolute atomic E-state index is 9.62. The summed E-state index contributed by atoms with van der Waals surface area (Å²) in [5, 5.41) is 9.62. The van der Waals surface area contributed by atoms with Gasteiger partial charge in [-0.3, -0.25) is 0 Å². The Balaban J connectivity index is 2.23. The normalized spacial score (nSPS) is 32.9. The number of aliphatic hydroxyl groups excluding tert-OH is 1. The van der Waals surface area contributed by atoms with Gasteiger partial charge < -0.3 is 5.11 Å². The van der Waals surface area contributed by atoms with E-state index in [-0.39, 0.29) is 11.0 Å². The van der Waals surface area contributed by atoms with E-state index in [1.807, 2.05) is 30.3 Å². The number of rotatable bonds is 1. The number of halogens is 1. The van der Waals surface area contributed by atoms with Gasteiger partial charge in [0, 0.05) is 0 Å². The van der Waals surface area contributed by atoms with Crippen molar-refractivity contribution in [1.29, 1.82) is 0 Å². The summed E-state index contributed by atoms with van der Waals surface area (Å²) in [5.74, 6) is 0. The fraction of sp³-hybridized carbons (Fsp3) is 0.500. The Morgan fingerprint density at radius 3 is 2.64 bits per heavy atom. The van der Waals surface area contributed by atoms with Crippen LogP contribution >= 0.6 is 11.6 Å². The van der Waals surface area contributed by atoms with Gasteiger partial charge in [0.1, 0.15) is 0 Å². The number of hydrogen-bond acceptors (Lipinski definition) is 1.